The molecule has 112 valence electrons. The van der Waals surface area contributed by atoms with Crippen LogP contribution >= 0.6 is 0 Å². The minimum absolute atomic E-state index is 0.165. The third-order valence-electron chi connectivity index (χ3n) is 3.36. The summed E-state index contributed by atoms with van der Waals surface area (Å²) in [4.78, 5) is 0. The van der Waals surface area contributed by atoms with Crippen LogP contribution in [-0.4, -0.2) is 26.4 Å². The topological polar surface area (TPSA) is 47.9 Å². The summed E-state index contributed by atoms with van der Waals surface area (Å²) in [5, 5.41) is 9.79. The molecule has 4 nitrogen and oxygen atoms in total. The number of ether oxygens (including phenoxy) is 3. The molecular weight excluding hydrogens is 268 g/mol. The summed E-state index contributed by atoms with van der Waals surface area (Å²) >= 11 is 0. The molecule has 0 fully saturated rings. The Balaban J connectivity index is 2.10. The summed E-state index contributed by atoms with van der Waals surface area (Å²) in [6, 6.07) is 11.3. The van der Waals surface area contributed by atoms with E-state index < -0.39 is 0 Å². The fourth-order valence-corrected chi connectivity index (χ4v) is 2.19. The summed E-state index contributed by atoms with van der Waals surface area (Å²) in [5.74, 6) is 2.21. The van der Waals surface area contributed by atoms with Crippen LogP contribution in [0.4, 0.5) is 0 Å². The van der Waals surface area contributed by atoms with Gasteiger partial charge in [0, 0.05) is 6.07 Å². The minimum atomic E-state index is 0.165. The van der Waals surface area contributed by atoms with Crippen LogP contribution in [0.5, 0.6) is 23.0 Å². The fraction of sp³-hybridized carbons (Fsp3) is 0.294. The lowest BCUT2D eigenvalue weighted by Crippen LogP contribution is -1.95. The molecule has 0 unspecified atom stereocenters. The molecule has 4 heteroatoms. The SMILES string of the molecule is COc1cc(CCc2ccc(OC)c(O)c2)cc(OC)c1. The molecule has 0 atom stereocenters. The van der Waals surface area contributed by atoms with E-state index in [2.05, 4.69) is 0 Å². The molecule has 21 heavy (non-hydrogen) atoms. The first kappa shape index (κ1) is 15.0. The number of rotatable bonds is 6. The van der Waals surface area contributed by atoms with Crippen molar-refractivity contribution >= 4 is 0 Å². The van der Waals surface area contributed by atoms with Crippen molar-refractivity contribution in [3.8, 4) is 23.0 Å². The molecule has 0 amide bonds. The highest BCUT2D eigenvalue weighted by molar-refractivity contribution is 5.42. The van der Waals surface area contributed by atoms with Gasteiger partial charge in [-0.25, -0.2) is 0 Å². The largest absolute Gasteiger partial charge is 0.504 e. The van der Waals surface area contributed by atoms with E-state index in [4.69, 9.17) is 14.2 Å². The maximum absolute atomic E-state index is 9.79. The van der Waals surface area contributed by atoms with Crippen molar-refractivity contribution in [3.63, 3.8) is 0 Å². The van der Waals surface area contributed by atoms with Gasteiger partial charge in [0.15, 0.2) is 11.5 Å². The standard InChI is InChI=1S/C17H20O4/c1-19-14-8-13(9-15(11-14)20-2)5-4-12-6-7-17(21-3)16(18)10-12/h6-11,18H,4-5H2,1-3H3. The van der Waals surface area contributed by atoms with Crippen LogP contribution in [0, 0.1) is 0 Å². The van der Waals surface area contributed by atoms with Gasteiger partial charge in [-0.3, -0.25) is 0 Å². The molecule has 2 aromatic carbocycles. The Hall–Kier alpha value is -2.36. The number of methoxy groups -OCH3 is 3. The lowest BCUT2D eigenvalue weighted by atomic mass is 10.0. The first-order chi connectivity index (χ1) is 10.2. The molecular formula is C17H20O4. The molecule has 0 aliphatic carbocycles. The average Bonchev–Trinajstić information content (AvgIpc) is 2.52. The van der Waals surface area contributed by atoms with Crippen molar-refractivity contribution in [3.05, 3.63) is 47.5 Å². The Morgan fingerprint density at radius 1 is 0.762 bits per heavy atom. The molecule has 0 radical (unpaired) electrons. The van der Waals surface area contributed by atoms with E-state index in [1.54, 1.807) is 26.4 Å². The van der Waals surface area contributed by atoms with Crippen LogP contribution in [0.1, 0.15) is 11.1 Å². The molecule has 0 aromatic heterocycles. The third kappa shape index (κ3) is 3.81. The van der Waals surface area contributed by atoms with E-state index in [9.17, 15) is 5.11 Å². The lowest BCUT2D eigenvalue weighted by Gasteiger charge is -2.09. The second kappa shape index (κ2) is 6.88. The molecule has 0 aliphatic heterocycles. The molecule has 0 saturated heterocycles. The van der Waals surface area contributed by atoms with Gasteiger partial charge in [0.2, 0.25) is 0 Å². The predicted octanol–water partition coefficient (Wildman–Crippen LogP) is 3.20. The van der Waals surface area contributed by atoms with Crippen LogP contribution in [0.3, 0.4) is 0 Å². The van der Waals surface area contributed by atoms with Gasteiger partial charge in [-0.2, -0.15) is 0 Å². The zero-order valence-corrected chi connectivity index (χ0v) is 12.6. The quantitative estimate of drug-likeness (QED) is 0.886. The summed E-state index contributed by atoms with van der Waals surface area (Å²) in [7, 11) is 4.82. The van der Waals surface area contributed by atoms with Gasteiger partial charge in [-0.1, -0.05) is 6.07 Å². The van der Waals surface area contributed by atoms with Gasteiger partial charge in [0.1, 0.15) is 11.5 Å². The van der Waals surface area contributed by atoms with Gasteiger partial charge in [-0.15, -0.1) is 0 Å². The van der Waals surface area contributed by atoms with E-state index in [1.807, 2.05) is 24.3 Å². The van der Waals surface area contributed by atoms with Crippen molar-refractivity contribution in [2.45, 2.75) is 12.8 Å². The average molecular weight is 288 g/mol. The summed E-state index contributed by atoms with van der Waals surface area (Å²) < 4.78 is 15.6. The molecule has 0 saturated carbocycles. The monoisotopic (exact) mass is 288 g/mol. The van der Waals surface area contributed by atoms with Crippen molar-refractivity contribution < 1.29 is 19.3 Å². The smallest absolute Gasteiger partial charge is 0.160 e. The van der Waals surface area contributed by atoms with Gasteiger partial charge in [0.25, 0.3) is 0 Å². The number of phenols is 1. The van der Waals surface area contributed by atoms with Crippen LogP contribution in [0.15, 0.2) is 36.4 Å². The Bertz CT molecular complexity index is 585. The van der Waals surface area contributed by atoms with Crippen LogP contribution in [0.25, 0.3) is 0 Å². The second-order valence-corrected chi connectivity index (χ2v) is 4.73. The normalized spacial score (nSPS) is 10.2. The number of benzene rings is 2. The van der Waals surface area contributed by atoms with E-state index in [1.165, 1.54) is 7.11 Å². The Kier molecular flexibility index (Phi) is 4.93. The van der Waals surface area contributed by atoms with Crippen molar-refractivity contribution in [2.24, 2.45) is 0 Å². The second-order valence-electron chi connectivity index (χ2n) is 4.73. The van der Waals surface area contributed by atoms with Gasteiger partial charge in [0.05, 0.1) is 21.3 Å². The fourth-order valence-electron chi connectivity index (χ4n) is 2.19. The highest BCUT2D eigenvalue weighted by Crippen LogP contribution is 2.27. The van der Waals surface area contributed by atoms with Crippen LogP contribution < -0.4 is 14.2 Å². The zero-order chi connectivity index (χ0) is 15.2. The van der Waals surface area contributed by atoms with Gasteiger partial charge >= 0.3 is 0 Å². The van der Waals surface area contributed by atoms with Gasteiger partial charge in [-0.05, 0) is 48.2 Å². The molecule has 0 spiro atoms. The van der Waals surface area contributed by atoms with E-state index in [0.29, 0.717) is 5.75 Å². The molecule has 2 aromatic rings. The highest BCUT2D eigenvalue weighted by Gasteiger charge is 2.05. The van der Waals surface area contributed by atoms with E-state index in [0.717, 1.165) is 35.5 Å². The van der Waals surface area contributed by atoms with Gasteiger partial charge < -0.3 is 19.3 Å². The number of phenolic OH excluding ortho intramolecular Hbond substituents is 1. The Morgan fingerprint density at radius 3 is 1.90 bits per heavy atom. The first-order valence-corrected chi connectivity index (χ1v) is 6.74. The highest BCUT2D eigenvalue weighted by atomic mass is 16.5. The predicted molar refractivity (Wildman–Crippen MR) is 81.6 cm³/mol. The Labute approximate surface area is 124 Å². The first-order valence-electron chi connectivity index (χ1n) is 6.74. The minimum Gasteiger partial charge on any atom is -0.504 e. The van der Waals surface area contributed by atoms with E-state index >= 15 is 0 Å². The number of aryl methyl sites for hydroxylation is 2. The summed E-state index contributed by atoms with van der Waals surface area (Å²) in [6.45, 7) is 0. The number of hydrogen-bond acceptors (Lipinski definition) is 4. The van der Waals surface area contributed by atoms with Crippen molar-refractivity contribution in [1.82, 2.24) is 0 Å². The van der Waals surface area contributed by atoms with E-state index in [-0.39, 0.29) is 5.75 Å². The maximum atomic E-state index is 9.79. The summed E-state index contributed by atoms with van der Waals surface area (Å²) in [5.41, 5.74) is 2.18. The maximum Gasteiger partial charge on any atom is 0.160 e. The third-order valence-corrected chi connectivity index (χ3v) is 3.36. The molecule has 0 aliphatic rings. The zero-order valence-electron chi connectivity index (χ0n) is 12.6. The molecule has 0 bridgehead atoms. The van der Waals surface area contributed by atoms with Crippen molar-refractivity contribution in [2.75, 3.05) is 21.3 Å². The summed E-state index contributed by atoms with van der Waals surface area (Å²) in [6.07, 6.45) is 1.65. The number of hydrogen-bond donors (Lipinski definition) is 1. The number of aromatic hydroxyl groups is 1. The van der Waals surface area contributed by atoms with Crippen LogP contribution in [-0.2, 0) is 12.8 Å². The van der Waals surface area contributed by atoms with Crippen LogP contribution in [0.2, 0.25) is 0 Å². The lowest BCUT2D eigenvalue weighted by molar-refractivity contribution is 0.373. The molecule has 1 N–H and O–H groups in total. The molecule has 0 heterocycles. The molecule has 2 rings (SSSR count). The van der Waals surface area contributed by atoms with Crippen molar-refractivity contribution in [1.29, 1.82) is 0 Å². The Morgan fingerprint density at radius 2 is 1.38 bits per heavy atom.